The highest BCUT2D eigenvalue weighted by atomic mass is 16.5. The van der Waals surface area contributed by atoms with E-state index in [-0.39, 0.29) is 17.7 Å². The van der Waals surface area contributed by atoms with Gasteiger partial charge in [-0.2, -0.15) is 0 Å². The molecule has 0 amide bonds. The van der Waals surface area contributed by atoms with Crippen molar-refractivity contribution >= 4 is 17.9 Å². The highest BCUT2D eigenvalue weighted by Crippen LogP contribution is 2.19. The second-order valence-corrected chi connectivity index (χ2v) is 3.40. The summed E-state index contributed by atoms with van der Waals surface area (Å²) in [5.74, 6) is -4.29. The number of hydrogen-bond acceptors (Lipinski definition) is 4. The molecule has 0 atom stereocenters. The molecule has 0 aromatic heterocycles. The molecule has 3 N–H and O–H groups in total. The fraction of sp³-hybridized carbons (Fsp3) is 0.182. The number of benzene rings is 1. The normalized spacial score (nSPS) is 10.1. The monoisotopic (exact) mass is 254 g/mol. The smallest absolute Gasteiger partial charge is 0.336 e. The average Bonchev–Trinajstić information content (AvgIpc) is 2.28. The molecular formula is C11H10O7. The lowest BCUT2D eigenvalue weighted by atomic mass is 9.98. The molecule has 0 aliphatic heterocycles. The number of carboxylic acid groups (broad SMARTS) is 3. The maximum Gasteiger partial charge on any atom is 0.336 e. The van der Waals surface area contributed by atoms with Crippen LogP contribution in [0.4, 0.5) is 0 Å². The van der Waals surface area contributed by atoms with E-state index in [0.29, 0.717) is 0 Å². The molecule has 0 aliphatic rings. The van der Waals surface area contributed by atoms with Crippen molar-refractivity contribution in [3.63, 3.8) is 0 Å². The molecule has 96 valence electrons. The molecule has 18 heavy (non-hydrogen) atoms. The van der Waals surface area contributed by atoms with E-state index >= 15 is 0 Å². The highest BCUT2D eigenvalue weighted by molar-refractivity contribution is 6.04. The van der Waals surface area contributed by atoms with Crippen LogP contribution >= 0.6 is 0 Å². The molecule has 0 saturated carbocycles. The molecule has 0 unspecified atom stereocenters. The summed E-state index contributed by atoms with van der Waals surface area (Å²) in [5, 5.41) is 26.7. The lowest BCUT2D eigenvalue weighted by Gasteiger charge is -2.09. The van der Waals surface area contributed by atoms with Gasteiger partial charge in [-0.25, -0.2) is 14.4 Å². The van der Waals surface area contributed by atoms with Gasteiger partial charge in [-0.3, -0.25) is 0 Å². The van der Waals surface area contributed by atoms with E-state index in [1.54, 1.807) is 0 Å². The molecule has 1 rings (SSSR count). The van der Waals surface area contributed by atoms with E-state index in [9.17, 15) is 14.4 Å². The van der Waals surface area contributed by atoms with Crippen molar-refractivity contribution < 1.29 is 34.4 Å². The van der Waals surface area contributed by atoms with Gasteiger partial charge in [-0.05, 0) is 17.7 Å². The van der Waals surface area contributed by atoms with Gasteiger partial charge in [0, 0.05) is 7.11 Å². The largest absolute Gasteiger partial charge is 0.478 e. The summed E-state index contributed by atoms with van der Waals surface area (Å²) in [6, 6.07) is 1.82. The molecule has 0 radical (unpaired) electrons. The van der Waals surface area contributed by atoms with E-state index in [0.717, 1.165) is 12.1 Å². The quantitative estimate of drug-likeness (QED) is 0.714. The molecule has 7 heteroatoms. The summed E-state index contributed by atoms with van der Waals surface area (Å²) < 4.78 is 4.75. The van der Waals surface area contributed by atoms with E-state index < -0.39 is 29.0 Å². The van der Waals surface area contributed by atoms with Gasteiger partial charge < -0.3 is 20.1 Å². The topological polar surface area (TPSA) is 121 Å². The van der Waals surface area contributed by atoms with Gasteiger partial charge in [0.25, 0.3) is 0 Å². The third-order valence-electron chi connectivity index (χ3n) is 2.23. The van der Waals surface area contributed by atoms with Crippen LogP contribution in [-0.4, -0.2) is 40.3 Å². The number of hydrogen-bond donors (Lipinski definition) is 3. The number of ether oxygens (including phenoxy) is 1. The Morgan fingerprint density at radius 1 is 0.944 bits per heavy atom. The van der Waals surface area contributed by atoms with Gasteiger partial charge in [0.2, 0.25) is 0 Å². The summed E-state index contributed by atoms with van der Waals surface area (Å²) in [6.45, 7) is -0.123. The molecule has 1 aromatic carbocycles. The second kappa shape index (κ2) is 5.28. The van der Waals surface area contributed by atoms with Crippen molar-refractivity contribution in [2.75, 3.05) is 7.11 Å². The Balaban J connectivity index is 3.54. The number of carboxylic acids is 3. The first-order chi connectivity index (χ1) is 8.38. The minimum Gasteiger partial charge on any atom is -0.478 e. The summed E-state index contributed by atoms with van der Waals surface area (Å²) in [6.07, 6.45) is 0. The molecule has 1 aromatic rings. The third-order valence-corrected chi connectivity index (χ3v) is 2.23. The van der Waals surface area contributed by atoms with Crippen molar-refractivity contribution in [3.8, 4) is 0 Å². The van der Waals surface area contributed by atoms with E-state index in [1.165, 1.54) is 7.11 Å². The SMILES string of the molecule is COCc1cc(C(=O)O)c(C(=O)O)cc1C(=O)O. The highest BCUT2D eigenvalue weighted by Gasteiger charge is 2.22. The van der Waals surface area contributed by atoms with Crippen molar-refractivity contribution in [3.05, 3.63) is 34.4 Å². The minimum absolute atomic E-state index is 0.104. The number of carbonyl (C=O) groups is 3. The standard InChI is InChI=1S/C11H10O7/c1-18-4-5-2-7(10(14)15)8(11(16)17)3-6(5)9(12)13/h2-3H,4H2,1H3,(H,12,13)(H,14,15)(H,16,17). The van der Waals surface area contributed by atoms with Crippen molar-refractivity contribution in [1.82, 2.24) is 0 Å². The number of methoxy groups -OCH3 is 1. The molecule has 0 bridgehead atoms. The zero-order valence-corrected chi connectivity index (χ0v) is 9.34. The van der Waals surface area contributed by atoms with Crippen LogP contribution in [0.15, 0.2) is 12.1 Å². The fourth-order valence-electron chi connectivity index (χ4n) is 1.47. The summed E-state index contributed by atoms with van der Waals surface area (Å²) in [4.78, 5) is 32.8. The predicted molar refractivity (Wildman–Crippen MR) is 58.0 cm³/mol. The van der Waals surface area contributed by atoms with Gasteiger partial charge in [0.1, 0.15) is 0 Å². The van der Waals surface area contributed by atoms with Crippen LogP contribution in [-0.2, 0) is 11.3 Å². The van der Waals surface area contributed by atoms with Crippen LogP contribution in [0.1, 0.15) is 36.6 Å². The molecule has 0 fully saturated rings. The zero-order valence-electron chi connectivity index (χ0n) is 9.34. The number of rotatable bonds is 5. The molecule has 0 saturated heterocycles. The van der Waals surface area contributed by atoms with Crippen molar-refractivity contribution in [1.29, 1.82) is 0 Å². The summed E-state index contributed by atoms with van der Waals surface area (Å²) in [5.41, 5.74) is -1.23. The lowest BCUT2D eigenvalue weighted by Crippen LogP contribution is -2.13. The van der Waals surface area contributed by atoms with Crippen molar-refractivity contribution in [2.45, 2.75) is 6.61 Å². The van der Waals surface area contributed by atoms with Crippen LogP contribution in [0.5, 0.6) is 0 Å². The average molecular weight is 254 g/mol. The Bertz CT molecular complexity index is 518. The van der Waals surface area contributed by atoms with Crippen LogP contribution < -0.4 is 0 Å². The molecule has 0 heterocycles. The zero-order chi connectivity index (χ0) is 13.9. The van der Waals surface area contributed by atoms with Gasteiger partial charge >= 0.3 is 17.9 Å². The Morgan fingerprint density at radius 2 is 1.39 bits per heavy atom. The van der Waals surface area contributed by atoms with E-state index in [1.807, 2.05) is 0 Å². The number of aromatic carboxylic acids is 3. The van der Waals surface area contributed by atoms with Gasteiger partial charge in [0.15, 0.2) is 0 Å². The van der Waals surface area contributed by atoms with Crippen LogP contribution in [0, 0.1) is 0 Å². The fourth-order valence-corrected chi connectivity index (χ4v) is 1.47. The van der Waals surface area contributed by atoms with Crippen LogP contribution in [0.3, 0.4) is 0 Å². The Hall–Kier alpha value is -2.41. The molecule has 7 nitrogen and oxygen atoms in total. The van der Waals surface area contributed by atoms with Gasteiger partial charge in [-0.15, -0.1) is 0 Å². The predicted octanol–water partition coefficient (Wildman–Crippen LogP) is 0.928. The maximum absolute atomic E-state index is 11.0. The third kappa shape index (κ3) is 2.64. The molecular weight excluding hydrogens is 244 g/mol. The maximum atomic E-state index is 11.0. The molecule has 0 spiro atoms. The first-order valence-electron chi connectivity index (χ1n) is 4.74. The Kier molecular flexibility index (Phi) is 4.01. The first kappa shape index (κ1) is 13.7. The summed E-state index contributed by atoms with van der Waals surface area (Å²) in [7, 11) is 1.32. The lowest BCUT2D eigenvalue weighted by molar-refractivity contribution is 0.0648. The Labute approximate surface area is 101 Å². The van der Waals surface area contributed by atoms with Gasteiger partial charge in [0.05, 0.1) is 23.3 Å². The Morgan fingerprint density at radius 3 is 1.78 bits per heavy atom. The molecule has 0 aliphatic carbocycles. The summed E-state index contributed by atoms with van der Waals surface area (Å²) >= 11 is 0. The van der Waals surface area contributed by atoms with Crippen LogP contribution in [0.2, 0.25) is 0 Å². The van der Waals surface area contributed by atoms with Crippen LogP contribution in [0.25, 0.3) is 0 Å². The minimum atomic E-state index is -1.50. The van der Waals surface area contributed by atoms with E-state index in [4.69, 9.17) is 20.1 Å². The van der Waals surface area contributed by atoms with Gasteiger partial charge in [-0.1, -0.05) is 0 Å². The second-order valence-electron chi connectivity index (χ2n) is 3.40. The van der Waals surface area contributed by atoms with E-state index in [2.05, 4.69) is 0 Å². The van der Waals surface area contributed by atoms with Crippen molar-refractivity contribution in [2.24, 2.45) is 0 Å². The first-order valence-corrected chi connectivity index (χ1v) is 4.74.